The number of hydrogen-bond acceptors (Lipinski definition) is 2. The van der Waals surface area contributed by atoms with Gasteiger partial charge in [0.1, 0.15) is 0 Å². The van der Waals surface area contributed by atoms with E-state index in [2.05, 4.69) is 147 Å². The van der Waals surface area contributed by atoms with Gasteiger partial charge in [0, 0.05) is 10.6 Å². The van der Waals surface area contributed by atoms with Gasteiger partial charge in [0.25, 0.3) is 0 Å². The summed E-state index contributed by atoms with van der Waals surface area (Å²) in [6, 6.07) is 48.0. The van der Waals surface area contributed by atoms with Gasteiger partial charge < -0.3 is 0 Å². The van der Waals surface area contributed by atoms with Crippen molar-refractivity contribution in [2.24, 2.45) is 0 Å². The maximum Gasteiger partial charge on any atom is 0.0980 e. The lowest BCUT2D eigenvalue weighted by Crippen LogP contribution is -2.27. The molecule has 0 aliphatic carbocycles. The van der Waals surface area contributed by atoms with E-state index in [1.54, 1.807) is 0 Å². The molecule has 0 saturated carbocycles. The van der Waals surface area contributed by atoms with Gasteiger partial charge in [0.15, 0.2) is 0 Å². The summed E-state index contributed by atoms with van der Waals surface area (Å²) in [5.74, 6) is 0. The van der Waals surface area contributed by atoms with E-state index in [4.69, 9.17) is 9.97 Å². The smallest absolute Gasteiger partial charge is 0.0980 e. The first kappa shape index (κ1) is 24.6. The molecule has 4 heteroatoms. The maximum absolute atomic E-state index is 5.24. The van der Waals surface area contributed by atoms with Gasteiger partial charge in [-0.2, -0.15) is 0 Å². The van der Waals surface area contributed by atoms with Gasteiger partial charge in [0.05, 0.1) is 22.4 Å². The van der Waals surface area contributed by atoms with Crippen molar-refractivity contribution in [1.29, 1.82) is 0 Å². The Balaban J connectivity index is 1.65. The lowest BCUT2D eigenvalue weighted by molar-refractivity contribution is 1.11. The van der Waals surface area contributed by atoms with Crippen LogP contribution in [-0.2, 0) is 0 Å². The fraction of sp³-hybridized carbons (Fsp3) is 0.0588. The largest absolute Gasteiger partial charge is 0.249 e. The molecule has 2 nitrogen and oxygen atoms in total. The summed E-state index contributed by atoms with van der Waals surface area (Å²) in [5.41, 5.74) is 4.00. The standard InChI is InChI=1S/C34H28N2P2/c1-25-26(2)36-34-32(38(29-19-11-5-12-20-29)30-21-13-6-14-22-30)24-23-31(33(34)35-25)37(27-15-7-3-8-16-27)28-17-9-4-10-18-28/h3-24H,1-2H3. The first-order chi connectivity index (χ1) is 18.7. The predicted octanol–water partition coefficient (Wildman–Crippen LogP) is 5.76. The second-order valence-corrected chi connectivity index (χ2v) is 13.6. The zero-order chi connectivity index (χ0) is 25.9. The highest BCUT2D eigenvalue weighted by molar-refractivity contribution is 7.81. The number of hydrogen-bond donors (Lipinski definition) is 0. The Hall–Kier alpha value is -3.70. The van der Waals surface area contributed by atoms with Crippen LogP contribution in [0, 0.1) is 13.8 Å². The molecular weight excluding hydrogens is 498 g/mol. The second-order valence-electron chi connectivity index (χ2n) is 9.21. The van der Waals surface area contributed by atoms with Crippen LogP contribution in [0.15, 0.2) is 133 Å². The summed E-state index contributed by atoms with van der Waals surface area (Å²) in [5, 5.41) is 7.77. The lowest BCUT2D eigenvalue weighted by atomic mass is 10.2. The zero-order valence-electron chi connectivity index (χ0n) is 21.5. The predicted molar refractivity (Wildman–Crippen MR) is 166 cm³/mol. The third-order valence-corrected chi connectivity index (χ3v) is 11.7. The molecule has 0 aliphatic rings. The number of aryl methyl sites for hydroxylation is 2. The van der Waals surface area contributed by atoms with E-state index in [-0.39, 0.29) is 0 Å². The third kappa shape index (κ3) is 4.79. The average molecular weight is 527 g/mol. The molecule has 0 spiro atoms. The quantitative estimate of drug-likeness (QED) is 0.258. The van der Waals surface area contributed by atoms with Crippen LogP contribution in [0.1, 0.15) is 11.4 Å². The molecule has 0 atom stereocenters. The molecule has 0 saturated heterocycles. The van der Waals surface area contributed by atoms with E-state index in [0.717, 1.165) is 22.4 Å². The molecule has 1 heterocycles. The van der Waals surface area contributed by atoms with Gasteiger partial charge in [-0.3, -0.25) is 0 Å². The van der Waals surface area contributed by atoms with Crippen molar-refractivity contribution in [3.8, 4) is 0 Å². The van der Waals surface area contributed by atoms with Gasteiger partial charge in [-0.15, -0.1) is 0 Å². The first-order valence-corrected chi connectivity index (χ1v) is 15.5. The number of nitrogens with zero attached hydrogens (tertiary/aromatic N) is 2. The summed E-state index contributed by atoms with van der Waals surface area (Å²) in [4.78, 5) is 10.5. The van der Waals surface area contributed by atoms with Crippen LogP contribution in [0.25, 0.3) is 11.0 Å². The zero-order valence-corrected chi connectivity index (χ0v) is 23.3. The van der Waals surface area contributed by atoms with Gasteiger partial charge >= 0.3 is 0 Å². The Morgan fingerprint density at radius 2 is 0.632 bits per heavy atom. The minimum atomic E-state index is -0.803. The Morgan fingerprint density at radius 3 is 0.895 bits per heavy atom. The van der Waals surface area contributed by atoms with Crippen molar-refractivity contribution in [2.45, 2.75) is 13.8 Å². The summed E-state index contributed by atoms with van der Waals surface area (Å²) in [7, 11) is -1.61. The Morgan fingerprint density at radius 1 is 0.368 bits per heavy atom. The molecule has 0 N–H and O–H groups in total. The van der Waals surface area contributed by atoms with Crippen LogP contribution in [0.5, 0.6) is 0 Å². The van der Waals surface area contributed by atoms with Crippen LogP contribution in [0.2, 0.25) is 0 Å². The van der Waals surface area contributed by atoms with Gasteiger partial charge in [-0.1, -0.05) is 133 Å². The molecule has 38 heavy (non-hydrogen) atoms. The monoisotopic (exact) mass is 526 g/mol. The number of fused-ring (bicyclic) bond motifs is 1. The Labute approximate surface area is 227 Å². The average Bonchev–Trinajstić information content (AvgIpc) is 2.97. The maximum atomic E-state index is 5.24. The van der Waals surface area contributed by atoms with Crippen molar-refractivity contribution in [1.82, 2.24) is 9.97 Å². The van der Waals surface area contributed by atoms with Crippen molar-refractivity contribution < 1.29 is 0 Å². The normalized spacial score (nSPS) is 11.4. The first-order valence-electron chi connectivity index (χ1n) is 12.8. The molecule has 5 aromatic carbocycles. The van der Waals surface area contributed by atoms with E-state index in [1.165, 1.54) is 31.8 Å². The van der Waals surface area contributed by atoms with Crippen LogP contribution in [0.4, 0.5) is 0 Å². The van der Waals surface area contributed by atoms with E-state index in [0.29, 0.717) is 0 Å². The fourth-order valence-corrected chi connectivity index (χ4v) is 9.57. The summed E-state index contributed by atoms with van der Waals surface area (Å²) in [6.07, 6.45) is 0. The Kier molecular flexibility index (Phi) is 7.10. The molecule has 0 amide bonds. The van der Waals surface area contributed by atoms with Crippen molar-refractivity contribution in [3.63, 3.8) is 0 Å². The molecule has 6 aromatic rings. The van der Waals surface area contributed by atoms with Crippen molar-refractivity contribution in [2.75, 3.05) is 0 Å². The summed E-state index contributed by atoms with van der Waals surface area (Å²) < 4.78 is 0. The minimum Gasteiger partial charge on any atom is -0.249 e. The molecule has 6 rings (SSSR count). The van der Waals surface area contributed by atoms with Crippen LogP contribution in [0.3, 0.4) is 0 Å². The number of rotatable bonds is 6. The third-order valence-electron chi connectivity index (χ3n) is 6.73. The lowest BCUT2D eigenvalue weighted by Gasteiger charge is -2.25. The van der Waals surface area contributed by atoms with Crippen molar-refractivity contribution >= 4 is 58.7 Å². The molecule has 0 radical (unpaired) electrons. The van der Waals surface area contributed by atoms with Crippen LogP contribution in [-0.4, -0.2) is 9.97 Å². The van der Waals surface area contributed by atoms with E-state index < -0.39 is 15.8 Å². The van der Waals surface area contributed by atoms with E-state index in [9.17, 15) is 0 Å². The van der Waals surface area contributed by atoms with Crippen molar-refractivity contribution in [3.05, 3.63) is 145 Å². The summed E-state index contributed by atoms with van der Waals surface area (Å²) in [6.45, 7) is 4.14. The highest BCUT2D eigenvalue weighted by Gasteiger charge is 2.25. The molecule has 0 fully saturated rings. The molecular formula is C34H28N2P2. The molecule has 0 bridgehead atoms. The summed E-state index contributed by atoms with van der Waals surface area (Å²) >= 11 is 0. The van der Waals surface area contributed by atoms with Crippen LogP contribution >= 0.6 is 15.8 Å². The van der Waals surface area contributed by atoms with Gasteiger partial charge in [0.2, 0.25) is 0 Å². The van der Waals surface area contributed by atoms with E-state index >= 15 is 0 Å². The number of aromatic nitrogens is 2. The van der Waals surface area contributed by atoms with Gasteiger partial charge in [-0.05, 0) is 50.9 Å². The second kappa shape index (κ2) is 11.0. The SMILES string of the molecule is Cc1nc2c(P(c3ccccc3)c3ccccc3)ccc(P(c3ccccc3)c3ccccc3)c2nc1C. The van der Waals surface area contributed by atoms with E-state index in [1.807, 2.05) is 0 Å². The minimum absolute atomic E-state index is 0.803. The number of benzene rings is 5. The Bertz CT molecular complexity index is 1470. The highest BCUT2D eigenvalue weighted by Crippen LogP contribution is 2.39. The fourth-order valence-electron chi connectivity index (χ4n) is 4.80. The van der Waals surface area contributed by atoms with Gasteiger partial charge in [-0.25, -0.2) is 9.97 Å². The molecule has 0 unspecified atom stereocenters. The molecule has 0 aliphatic heterocycles. The topological polar surface area (TPSA) is 25.8 Å². The molecule has 184 valence electrons. The van der Waals surface area contributed by atoms with Crippen LogP contribution < -0.4 is 31.8 Å². The molecule has 1 aromatic heterocycles. The highest BCUT2D eigenvalue weighted by atomic mass is 31.1.